The molecule has 0 fully saturated rings. The van der Waals surface area contributed by atoms with Crippen molar-refractivity contribution in [3.8, 4) is 17.2 Å². The first-order valence-electron chi connectivity index (χ1n) is 7.75. The van der Waals surface area contributed by atoms with E-state index in [4.69, 9.17) is 25.8 Å². The number of phenolic OH excluding ortho intramolecular Hbond substituents is 1. The van der Waals surface area contributed by atoms with Crippen LogP contribution in [0.15, 0.2) is 40.9 Å². The van der Waals surface area contributed by atoms with Crippen molar-refractivity contribution >= 4 is 39.4 Å². The Morgan fingerprint density at radius 3 is 2.73 bits per heavy atom. The van der Waals surface area contributed by atoms with Crippen LogP contribution in [0.1, 0.15) is 22.8 Å². The van der Waals surface area contributed by atoms with Gasteiger partial charge < -0.3 is 19.3 Å². The molecule has 0 saturated heterocycles. The number of carbonyl (C=O) groups is 1. The van der Waals surface area contributed by atoms with E-state index in [-0.39, 0.29) is 28.9 Å². The molecule has 138 valence electrons. The van der Waals surface area contributed by atoms with Gasteiger partial charge in [0.1, 0.15) is 17.2 Å². The molecular formula is C19H18BrClO5. The van der Waals surface area contributed by atoms with E-state index in [9.17, 15) is 9.90 Å². The number of aromatic hydroxyl groups is 1. The summed E-state index contributed by atoms with van der Waals surface area (Å²) < 4.78 is 16.7. The fourth-order valence-corrected chi connectivity index (χ4v) is 2.78. The summed E-state index contributed by atoms with van der Waals surface area (Å²) in [5, 5.41) is 10.1. The van der Waals surface area contributed by atoms with Gasteiger partial charge in [-0.1, -0.05) is 17.7 Å². The molecule has 2 aromatic carbocycles. The molecule has 2 aromatic rings. The lowest BCUT2D eigenvalue weighted by atomic mass is 10.1. The van der Waals surface area contributed by atoms with E-state index in [1.165, 1.54) is 25.3 Å². The molecule has 0 saturated carbocycles. The van der Waals surface area contributed by atoms with Crippen molar-refractivity contribution in [3.63, 3.8) is 0 Å². The van der Waals surface area contributed by atoms with Gasteiger partial charge in [-0.25, -0.2) is 0 Å². The molecule has 0 atom stereocenters. The van der Waals surface area contributed by atoms with E-state index in [1.54, 1.807) is 24.3 Å². The summed E-state index contributed by atoms with van der Waals surface area (Å²) in [5.74, 6) is 0.514. The van der Waals surface area contributed by atoms with Crippen LogP contribution in [-0.4, -0.2) is 31.4 Å². The number of phenols is 1. The maximum absolute atomic E-state index is 12.4. The van der Waals surface area contributed by atoms with Crippen molar-refractivity contribution in [2.24, 2.45) is 0 Å². The fourth-order valence-electron chi connectivity index (χ4n) is 2.16. The zero-order valence-electron chi connectivity index (χ0n) is 14.3. The number of allylic oxidation sites excluding steroid dienone is 1. The van der Waals surface area contributed by atoms with Crippen molar-refractivity contribution in [2.75, 3.05) is 20.5 Å². The van der Waals surface area contributed by atoms with Gasteiger partial charge in [-0.3, -0.25) is 4.79 Å². The maximum Gasteiger partial charge on any atom is 0.189 e. The number of benzene rings is 2. The van der Waals surface area contributed by atoms with Crippen molar-refractivity contribution in [1.82, 2.24) is 0 Å². The summed E-state index contributed by atoms with van der Waals surface area (Å²) >= 11 is 9.26. The Morgan fingerprint density at radius 2 is 2.04 bits per heavy atom. The molecule has 7 heteroatoms. The first kappa shape index (κ1) is 20.3. The number of hydrogen-bond acceptors (Lipinski definition) is 5. The number of halogens is 2. The van der Waals surface area contributed by atoms with Gasteiger partial charge in [0.25, 0.3) is 0 Å². The SMILES string of the molecule is CCOc1cc(Br)c(OCOC)cc1/C=C/C(=O)c1cccc(Cl)c1O. The Balaban J connectivity index is 2.34. The van der Waals surface area contributed by atoms with E-state index < -0.39 is 0 Å². The van der Waals surface area contributed by atoms with Crippen LogP contribution in [0, 0.1) is 0 Å². The Hall–Kier alpha value is -2.02. The number of para-hydroxylation sites is 1. The monoisotopic (exact) mass is 440 g/mol. The van der Waals surface area contributed by atoms with Crippen LogP contribution in [-0.2, 0) is 4.74 Å². The predicted octanol–water partition coefficient (Wildman–Crippen LogP) is 5.09. The van der Waals surface area contributed by atoms with Crippen molar-refractivity contribution in [3.05, 3.63) is 57.0 Å². The van der Waals surface area contributed by atoms with E-state index in [1.807, 2.05) is 6.92 Å². The molecule has 0 heterocycles. The first-order valence-corrected chi connectivity index (χ1v) is 8.93. The molecule has 0 unspecified atom stereocenters. The van der Waals surface area contributed by atoms with E-state index >= 15 is 0 Å². The number of carbonyl (C=O) groups excluding carboxylic acids is 1. The topological polar surface area (TPSA) is 65.0 Å². The van der Waals surface area contributed by atoms with Crippen LogP contribution in [0.2, 0.25) is 5.02 Å². The molecule has 5 nitrogen and oxygen atoms in total. The number of rotatable bonds is 8. The average Bonchev–Trinajstić information content (AvgIpc) is 2.62. The molecule has 0 aromatic heterocycles. The third-order valence-electron chi connectivity index (χ3n) is 3.36. The molecule has 0 aliphatic rings. The lowest BCUT2D eigenvalue weighted by molar-refractivity contribution is 0.0505. The number of hydrogen-bond donors (Lipinski definition) is 1. The molecule has 0 aliphatic carbocycles. The van der Waals surface area contributed by atoms with Crippen LogP contribution in [0.3, 0.4) is 0 Å². The van der Waals surface area contributed by atoms with Gasteiger partial charge in [0.05, 0.1) is 21.7 Å². The summed E-state index contributed by atoms with van der Waals surface area (Å²) in [5.41, 5.74) is 0.774. The van der Waals surface area contributed by atoms with Crippen LogP contribution in [0.5, 0.6) is 17.2 Å². The minimum absolute atomic E-state index is 0.0883. The van der Waals surface area contributed by atoms with Gasteiger partial charge in [0, 0.05) is 12.7 Å². The third kappa shape index (κ3) is 5.00. The minimum atomic E-state index is -0.380. The molecule has 26 heavy (non-hydrogen) atoms. The standard InChI is InChI=1S/C19H18BrClO5/c1-3-25-17-10-14(20)18(26-11-24-2)9-12(17)7-8-16(22)13-5-4-6-15(21)19(13)23/h4-10,23H,3,11H2,1-2H3/b8-7+. The van der Waals surface area contributed by atoms with E-state index in [0.29, 0.717) is 28.1 Å². The normalized spacial score (nSPS) is 10.9. The second-order valence-corrected chi connectivity index (χ2v) is 6.40. The summed E-state index contributed by atoms with van der Waals surface area (Å²) in [6.45, 7) is 2.42. The lowest BCUT2D eigenvalue weighted by Gasteiger charge is -2.12. The number of ketones is 1. The van der Waals surface area contributed by atoms with Gasteiger partial charge in [-0.15, -0.1) is 0 Å². The quantitative estimate of drug-likeness (QED) is 0.351. The molecule has 2 rings (SSSR count). The summed E-state index contributed by atoms with van der Waals surface area (Å²) in [6, 6.07) is 8.11. The van der Waals surface area contributed by atoms with Crippen molar-refractivity contribution in [2.45, 2.75) is 6.92 Å². The Kier molecular flexibility index (Phi) is 7.50. The number of ether oxygens (including phenoxy) is 3. The molecule has 0 aliphatic heterocycles. The smallest absolute Gasteiger partial charge is 0.189 e. The number of methoxy groups -OCH3 is 1. The van der Waals surface area contributed by atoms with E-state index in [2.05, 4.69) is 15.9 Å². The summed E-state index contributed by atoms with van der Waals surface area (Å²) in [6.07, 6.45) is 2.94. The largest absolute Gasteiger partial charge is 0.506 e. The molecule has 0 radical (unpaired) electrons. The molecular weight excluding hydrogens is 424 g/mol. The third-order valence-corrected chi connectivity index (χ3v) is 4.29. The minimum Gasteiger partial charge on any atom is -0.506 e. The first-order chi connectivity index (χ1) is 12.5. The summed E-state index contributed by atoms with van der Waals surface area (Å²) in [4.78, 5) is 12.4. The van der Waals surface area contributed by atoms with E-state index in [0.717, 1.165) is 0 Å². The highest BCUT2D eigenvalue weighted by Crippen LogP contribution is 2.34. The van der Waals surface area contributed by atoms with Crippen LogP contribution in [0.25, 0.3) is 6.08 Å². The Morgan fingerprint density at radius 1 is 1.27 bits per heavy atom. The highest BCUT2D eigenvalue weighted by molar-refractivity contribution is 9.10. The zero-order chi connectivity index (χ0) is 19.1. The van der Waals surface area contributed by atoms with Gasteiger partial charge in [-0.05, 0) is 59.3 Å². The van der Waals surface area contributed by atoms with Gasteiger partial charge in [0.15, 0.2) is 12.6 Å². The highest BCUT2D eigenvalue weighted by Gasteiger charge is 2.13. The molecule has 0 spiro atoms. The maximum atomic E-state index is 12.4. The second kappa shape index (κ2) is 9.62. The fraction of sp³-hybridized carbons (Fsp3) is 0.211. The molecule has 0 amide bonds. The van der Waals surface area contributed by atoms with Gasteiger partial charge in [-0.2, -0.15) is 0 Å². The Labute approximate surface area is 165 Å². The lowest BCUT2D eigenvalue weighted by Crippen LogP contribution is -2.01. The van der Waals surface area contributed by atoms with Crippen molar-refractivity contribution < 1.29 is 24.1 Å². The highest BCUT2D eigenvalue weighted by atomic mass is 79.9. The van der Waals surface area contributed by atoms with Crippen molar-refractivity contribution in [1.29, 1.82) is 0 Å². The Bertz CT molecular complexity index is 820. The second-order valence-electron chi connectivity index (χ2n) is 5.14. The van der Waals surface area contributed by atoms with Gasteiger partial charge >= 0.3 is 0 Å². The predicted molar refractivity (Wildman–Crippen MR) is 104 cm³/mol. The zero-order valence-corrected chi connectivity index (χ0v) is 16.6. The molecule has 1 N–H and O–H groups in total. The van der Waals surface area contributed by atoms with Crippen LogP contribution < -0.4 is 9.47 Å². The molecule has 0 bridgehead atoms. The van der Waals surface area contributed by atoms with Crippen LogP contribution in [0.4, 0.5) is 0 Å². The van der Waals surface area contributed by atoms with Gasteiger partial charge in [0.2, 0.25) is 0 Å². The van der Waals surface area contributed by atoms with Crippen LogP contribution >= 0.6 is 27.5 Å². The summed E-state index contributed by atoms with van der Waals surface area (Å²) in [7, 11) is 1.53. The average molecular weight is 442 g/mol.